The molecule has 3 rings (SSSR count). The highest BCUT2D eigenvalue weighted by atomic mass is 16.5. The summed E-state index contributed by atoms with van der Waals surface area (Å²) in [5.41, 5.74) is 5.04. The summed E-state index contributed by atoms with van der Waals surface area (Å²) < 4.78 is 6.47. The van der Waals surface area contributed by atoms with Crippen LogP contribution in [0.1, 0.15) is 90.5 Å². The second-order valence-electron chi connectivity index (χ2n) is 6.40. The molecule has 1 saturated heterocycles. The van der Waals surface area contributed by atoms with Gasteiger partial charge in [-0.25, -0.2) is 0 Å². The molecule has 1 aliphatic heterocycles. The van der Waals surface area contributed by atoms with Crippen molar-refractivity contribution in [3.8, 4) is 0 Å². The Kier molecular flexibility index (Phi) is 13.6. The minimum Gasteiger partial charge on any atom is -0.365 e. The molecule has 1 aliphatic rings. The lowest BCUT2D eigenvalue weighted by atomic mass is 9.74. The van der Waals surface area contributed by atoms with E-state index in [-0.39, 0.29) is 5.60 Å². The van der Waals surface area contributed by atoms with Crippen molar-refractivity contribution in [2.75, 3.05) is 6.61 Å². The van der Waals surface area contributed by atoms with Gasteiger partial charge in [-0.1, -0.05) is 109 Å². The van der Waals surface area contributed by atoms with E-state index in [2.05, 4.69) is 69.3 Å². The second kappa shape index (κ2) is 14.4. The van der Waals surface area contributed by atoms with Crippen LogP contribution < -0.4 is 0 Å². The fourth-order valence-electron chi connectivity index (χ4n) is 3.88. The molecule has 0 bridgehead atoms. The minimum absolute atomic E-state index is 0.272. The van der Waals surface area contributed by atoms with Crippen molar-refractivity contribution in [2.24, 2.45) is 5.92 Å². The standard InChI is InChI=1S/C21H26O.3C2H6/c1-4-17-9-7-11-20(15-17)21(18(5-2)12-13-22-21)19-10-6-8-16(3)14-19;3*1-2/h6-11,14-15,18H,4-5,12-13H2,1-3H3;3*1-2H3. The molecule has 158 valence electrons. The van der Waals surface area contributed by atoms with Crippen LogP contribution in [-0.2, 0) is 16.8 Å². The van der Waals surface area contributed by atoms with Gasteiger partial charge < -0.3 is 4.74 Å². The number of hydrogen-bond acceptors (Lipinski definition) is 1. The first-order valence-corrected chi connectivity index (χ1v) is 11.5. The highest BCUT2D eigenvalue weighted by molar-refractivity contribution is 5.41. The smallest absolute Gasteiger partial charge is 0.121 e. The molecule has 2 unspecified atom stereocenters. The summed E-state index contributed by atoms with van der Waals surface area (Å²) in [5, 5.41) is 0. The molecule has 1 nitrogen and oxygen atoms in total. The highest BCUT2D eigenvalue weighted by Gasteiger charge is 2.46. The summed E-state index contributed by atoms with van der Waals surface area (Å²) in [4.78, 5) is 0. The fourth-order valence-corrected chi connectivity index (χ4v) is 3.88. The number of aryl methyl sites for hydroxylation is 2. The van der Waals surface area contributed by atoms with Crippen LogP contribution in [-0.4, -0.2) is 6.61 Å². The summed E-state index contributed by atoms with van der Waals surface area (Å²) in [6.45, 7) is 19.5. The van der Waals surface area contributed by atoms with Crippen LogP contribution in [0.2, 0.25) is 0 Å². The van der Waals surface area contributed by atoms with Crippen LogP contribution in [0.25, 0.3) is 0 Å². The van der Waals surface area contributed by atoms with Crippen LogP contribution in [0.4, 0.5) is 0 Å². The van der Waals surface area contributed by atoms with Gasteiger partial charge in [0.05, 0.1) is 0 Å². The molecular weight excluding hydrogens is 340 g/mol. The molecule has 0 N–H and O–H groups in total. The van der Waals surface area contributed by atoms with Gasteiger partial charge in [-0.2, -0.15) is 0 Å². The van der Waals surface area contributed by atoms with E-state index in [1.807, 2.05) is 41.5 Å². The van der Waals surface area contributed by atoms with Gasteiger partial charge >= 0.3 is 0 Å². The van der Waals surface area contributed by atoms with E-state index in [9.17, 15) is 0 Å². The Morgan fingerprint density at radius 1 is 0.857 bits per heavy atom. The first-order chi connectivity index (χ1) is 13.7. The van der Waals surface area contributed by atoms with Gasteiger partial charge in [0.15, 0.2) is 0 Å². The lowest BCUT2D eigenvalue weighted by molar-refractivity contribution is 0.00903. The fraction of sp³-hybridized carbons (Fsp3) is 0.556. The van der Waals surface area contributed by atoms with Crippen molar-refractivity contribution < 1.29 is 4.74 Å². The van der Waals surface area contributed by atoms with Crippen LogP contribution in [0, 0.1) is 12.8 Å². The zero-order valence-corrected chi connectivity index (χ0v) is 19.9. The average Bonchev–Trinajstić information content (AvgIpc) is 3.23. The molecule has 0 aliphatic carbocycles. The molecule has 0 amide bonds. The van der Waals surface area contributed by atoms with Gasteiger partial charge in [-0.15, -0.1) is 0 Å². The molecule has 1 heterocycles. The zero-order valence-electron chi connectivity index (χ0n) is 19.9. The summed E-state index contributed by atoms with van der Waals surface area (Å²) in [6, 6.07) is 17.8. The van der Waals surface area contributed by atoms with Crippen molar-refractivity contribution in [2.45, 2.75) is 87.2 Å². The normalized spacial score (nSPS) is 20.0. The molecule has 0 aromatic heterocycles. The van der Waals surface area contributed by atoms with Crippen LogP contribution in [0.3, 0.4) is 0 Å². The molecule has 0 saturated carbocycles. The molecule has 2 aromatic carbocycles. The Hall–Kier alpha value is -1.60. The first kappa shape index (κ1) is 26.4. The lowest BCUT2D eigenvalue weighted by Gasteiger charge is -2.36. The molecule has 2 atom stereocenters. The third-order valence-corrected chi connectivity index (χ3v) is 5.07. The molecule has 2 aromatic rings. The first-order valence-electron chi connectivity index (χ1n) is 11.5. The number of ether oxygens (including phenoxy) is 1. The molecule has 28 heavy (non-hydrogen) atoms. The van der Waals surface area contributed by atoms with Crippen molar-refractivity contribution in [3.63, 3.8) is 0 Å². The molecule has 1 heteroatoms. The predicted molar refractivity (Wildman–Crippen MR) is 126 cm³/mol. The van der Waals surface area contributed by atoms with Gasteiger partial charge in [-0.05, 0) is 48.8 Å². The number of hydrogen-bond donors (Lipinski definition) is 0. The van der Waals surface area contributed by atoms with E-state index in [1.165, 1.54) is 22.3 Å². The van der Waals surface area contributed by atoms with Crippen LogP contribution in [0.15, 0.2) is 48.5 Å². The van der Waals surface area contributed by atoms with Gasteiger partial charge in [0.25, 0.3) is 0 Å². The quantitative estimate of drug-likeness (QED) is 0.515. The summed E-state index contributed by atoms with van der Waals surface area (Å²) in [6.07, 6.45) is 3.35. The SMILES string of the molecule is CC.CC.CC.CCc1cccc(C2(c3cccc(C)c3)OCCC2CC)c1. The maximum Gasteiger partial charge on any atom is 0.121 e. The highest BCUT2D eigenvalue weighted by Crippen LogP contribution is 2.48. The van der Waals surface area contributed by atoms with E-state index in [0.29, 0.717) is 5.92 Å². The minimum atomic E-state index is -0.272. The molecule has 0 radical (unpaired) electrons. The maximum absolute atomic E-state index is 6.47. The number of benzene rings is 2. The Morgan fingerprint density at radius 3 is 1.96 bits per heavy atom. The largest absolute Gasteiger partial charge is 0.365 e. The predicted octanol–water partition coefficient (Wildman–Crippen LogP) is 8.33. The van der Waals surface area contributed by atoms with Gasteiger partial charge in [0, 0.05) is 6.61 Å². The van der Waals surface area contributed by atoms with Crippen molar-refractivity contribution in [1.82, 2.24) is 0 Å². The summed E-state index contributed by atoms with van der Waals surface area (Å²) in [7, 11) is 0. The summed E-state index contributed by atoms with van der Waals surface area (Å²) in [5.74, 6) is 0.543. The Balaban J connectivity index is 0.00000111. The van der Waals surface area contributed by atoms with E-state index < -0.39 is 0 Å². The van der Waals surface area contributed by atoms with Crippen molar-refractivity contribution >= 4 is 0 Å². The van der Waals surface area contributed by atoms with Crippen molar-refractivity contribution in [3.05, 3.63) is 70.8 Å². The van der Waals surface area contributed by atoms with Crippen LogP contribution in [0.5, 0.6) is 0 Å². The van der Waals surface area contributed by atoms with Gasteiger partial charge in [0.2, 0.25) is 0 Å². The van der Waals surface area contributed by atoms with E-state index in [0.717, 1.165) is 25.9 Å². The zero-order chi connectivity index (χ0) is 21.6. The summed E-state index contributed by atoms with van der Waals surface area (Å²) >= 11 is 0. The average molecular weight is 385 g/mol. The Morgan fingerprint density at radius 2 is 1.43 bits per heavy atom. The van der Waals surface area contributed by atoms with E-state index in [4.69, 9.17) is 4.74 Å². The third kappa shape index (κ3) is 5.95. The lowest BCUT2D eigenvalue weighted by Crippen LogP contribution is -2.34. The molecule has 1 fully saturated rings. The van der Waals surface area contributed by atoms with Crippen LogP contribution >= 0.6 is 0 Å². The molecular formula is C27H44O. The Labute approximate surface area is 175 Å². The monoisotopic (exact) mass is 384 g/mol. The van der Waals surface area contributed by atoms with E-state index >= 15 is 0 Å². The van der Waals surface area contributed by atoms with E-state index in [1.54, 1.807) is 0 Å². The van der Waals surface area contributed by atoms with Gasteiger partial charge in [-0.3, -0.25) is 0 Å². The maximum atomic E-state index is 6.47. The van der Waals surface area contributed by atoms with Gasteiger partial charge in [0.1, 0.15) is 5.60 Å². The third-order valence-electron chi connectivity index (χ3n) is 5.07. The van der Waals surface area contributed by atoms with Crippen molar-refractivity contribution in [1.29, 1.82) is 0 Å². The number of rotatable bonds is 4. The topological polar surface area (TPSA) is 9.23 Å². The Bertz CT molecular complexity index is 646. The second-order valence-corrected chi connectivity index (χ2v) is 6.40. The molecule has 0 spiro atoms.